The summed E-state index contributed by atoms with van der Waals surface area (Å²) in [7, 11) is 0. The summed E-state index contributed by atoms with van der Waals surface area (Å²) in [5.74, 6) is -0.614. The molecule has 9 heteroatoms. The number of alkyl halides is 3. The first-order chi connectivity index (χ1) is 14.8. The molecule has 2 heterocycles. The van der Waals surface area contributed by atoms with E-state index in [0.717, 1.165) is 33.4 Å². The van der Waals surface area contributed by atoms with Crippen molar-refractivity contribution in [1.82, 2.24) is 20.0 Å². The third-order valence-electron chi connectivity index (χ3n) is 4.85. The van der Waals surface area contributed by atoms with Gasteiger partial charge in [0, 0.05) is 11.7 Å². The Hall–Kier alpha value is -3.62. The van der Waals surface area contributed by atoms with E-state index in [4.69, 9.17) is 4.74 Å². The van der Waals surface area contributed by atoms with Crippen molar-refractivity contribution in [2.45, 2.75) is 25.9 Å². The van der Waals surface area contributed by atoms with E-state index in [0.29, 0.717) is 24.2 Å². The van der Waals surface area contributed by atoms with Gasteiger partial charge in [-0.3, -0.25) is 0 Å². The van der Waals surface area contributed by atoms with Gasteiger partial charge in [-0.2, -0.15) is 23.1 Å². The number of benzene rings is 2. The molecular formula is C22H19F3N4O2. The van der Waals surface area contributed by atoms with Gasteiger partial charge in [0.1, 0.15) is 0 Å². The van der Waals surface area contributed by atoms with Crippen molar-refractivity contribution in [2.75, 3.05) is 6.61 Å². The summed E-state index contributed by atoms with van der Waals surface area (Å²) in [5.41, 5.74) is 2.13. The summed E-state index contributed by atoms with van der Waals surface area (Å²) >= 11 is 0. The van der Waals surface area contributed by atoms with Crippen LogP contribution in [-0.4, -0.2) is 32.6 Å². The number of rotatable bonds is 6. The first-order valence-electron chi connectivity index (χ1n) is 9.72. The molecule has 0 unspecified atom stereocenters. The Balaban J connectivity index is 1.61. The summed E-state index contributed by atoms with van der Waals surface area (Å²) in [4.78, 5) is 16.7. The lowest BCUT2D eigenvalue weighted by atomic mass is 10.1. The summed E-state index contributed by atoms with van der Waals surface area (Å²) in [5, 5.41) is 9.63. The highest BCUT2D eigenvalue weighted by molar-refractivity contribution is 5.88. The number of aryl methyl sites for hydroxylation is 2. The van der Waals surface area contributed by atoms with E-state index in [1.165, 1.54) is 12.1 Å². The summed E-state index contributed by atoms with van der Waals surface area (Å²) in [6.07, 6.45) is -1.54. The fourth-order valence-corrected chi connectivity index (χ4v) is 3.28. The third kappa shape index (κ3) is 4.45. The maximum Gasteiger partial charge on any atom is 0.416 e. The van der Waals surface area contributed by atoms with Crippen LogP contribution in [0.5, 0.6) is 0 Å². The fourth-order valence-electron chi connectivity index (χ4n) is 3.28. The van der Waals surface area contributed by atoms with Crippen LogP contribution < -0.4 is 0 Å². The Kier molecular flexibility index (Phi) is 5.50. The zero-order valence-corrected chi connectivity index (χ0v) is 16.6. The van der Waals surface area contributed by atoms with Crippen LogP contribution in [0, 0.1) is 0 Å². The van der Waals surface area contributed by atoms with Crippen molar-refractivity contribution in [3.63, 3.8) is 0 Å². The van der Waals surface area contributed by atoms with E-state index < -0.39 is 17.7 Å². The van der Waals surface area contributed by atoms with Crippen molar-refractivity contribution in [1.29, 1.82) is 0 Å². The lowest BCUT2D eigenvalue weighted by molar-refractivity contribution is -0.137. The lowest BCUT2D eigenvalue weighted by Crippen LogP contribution is -2.09. The molecule has 0 fully saturated rings. The number of fused-ring (bicyclic) bond motifs is 1. The van der Waals surface area contributed by atoms with Gasteiger partial charge in [-0.15, -0.1) is 5.10 Å². The molecule has 0 aliphatic rings. The molecule has 4 aromatic rings. The van der Waals surface area contributed by atoms with E-state index in [1.54, 1.807) is 6.92 Å². The quantitative estimate of drug-likeness (QED) is 0.451. The predicted octanol–water partition coefficient (Wildman–Crippen LogP) is 4.73. The zero-order chi connectivity index (χ0) is 22.0. The molecule has 0 bridgehead atoms. The molecule has 0 aliphatic carbocycles. The maximum absolute atomic E-state index is 12.8. The predicted molar refractivity (Wildman–Crippen MR) is 108 cm³/mol. The first kappa shape index (κ1) is 20.6. The first-order valence-corrected chi connectivity index (χ1v) is 9.72. The van der Waals surface area contributed by atoms with Gasteiger partial charge in [-0.25, -0.2) is 4.79 Å². The van der Waals surface area contributed by atoms with E-state index >= 15 is 0 Å². The molecule has 0 saturated heterocycles. The average Bonchev–Trinajstić information content (AvgIpc) is 3.38. The highest BCUT2D eigenvalue weighted by atomic mass is 19.4. The molecule has 31 heavy (non-hydrogen) atoms. The third-order valence-corrected chi connectivity index (χ3v) is 4.85. The molecule has 0 spiro atoms. The van der Waals surface area contributed by atoms with Gasteiger partial charge in [0.25, 0.3) is 0 Å². The monoisotopic (exact) mass is 428 g/mol. The summed E-state index contributed by atoms with van der Waals surface area (Å²) in [6.45, 7) is 1.86. The van der Waals surface area contributed by atoms with Crippen molar-refractivity contribution < 1.29 is 22.7 Å². The molecule has 0 saturated carbocycles. The van der Waals surface area contributed by atoms with Crippen LogP contribution in [0.1, 0.15) is 34.2 Å². The van der Waals surface area contributed by atoms with Gasteiger partial charge in [0.15, 0.2) is 5.69 Å². The summed E-state index contributed by atoms with van der Waals surface area (Å²) < 4.78 is 43.5. The standard InChI is InChI=1S/C22H19F3N4O2/c1-2-31-21(30)20-19(10-4-14-3-9-18-15(13-14)11-12-26-18)27-29(28-20)17-7-5-16(6-8-17)22(23,24)25/h3,5-9,11-13,26H,2,4,10H2,1H3. The number of hydrogen-bond donors (Lipinski definition) is 1. The second-order valence-electron chi connectivity index (χ2n) is 6.95. The van der Waals surface area contributed by atoms with E-state index in [-0.39, 0.29) is 12.3 Å². The number of aromatic amines is 1. The minimum atomic E-state index is -4.43. The number of carbonyl (C=O) groups excluding carboxylic acids is 1. The van der Waals surface area contributed by atoms with Crippen LogP contribution in [0.15, 0.2) is 54.7 Å². The van der Waals surface area contributed by atoms with Gasteiger partial charge in [-0.05, 0) is 73.2 Å². The average molecular weight is 428 g/mol. The number of nitrogens with one attached hydrogen (secondary N) is 1. The number of aromatic nitrogens is 4. The normalized spacial score (nSPS) is 11.7. The Morgan fingerprint density at radius 2 is 1.84 bits per heavy atom. The topological polar surface area (TPSA) is 72.8 Å². The van der Waals surface area contributed by atoms with Crippen LogP contribution in [0.25, 0.3) is 16.6 Å². The molecule has 2 aromatic heterocycles. The fraction of sp³-hybridized carbons (Fsp3) is 0.227. The van der Waals surface area contributed by atoms with Crippen LogP contribution in [0.2, 0.25) is 0 Å². The van der Waals surface area contributed by atoms with Gasteiger partial charge in [0.05, 0.1) is 23.6 Å². The number of halogens is 3. The number of nitrogens with zero attached hydrogens (tertiary/aromatic N) is 3. The Labute approximate surface area is 175 Å². The van der Waals surface area contributed by atoms with E-state index in [9.17, 15) is 18.0 Å². The van der Waals surface area contributed by atoms with Crippen LogP contribution in [0.3, 0.4) is 0 Å². The van der Waals surface area contributed by atoms with Crippen LogP contribution >= 0.6 is 0 Å². The number of ether oxygens (including phenoxy) is 1. The molecule has 6 nitrogen and oxygen atoms in total. The minimum Gasteiger partial charge on any atom is -0.461 e. The molecule has 2 aromatic carbocycles. The Morgan fingerprint density at radius 1 is 1.06 bits per heavy atom. The van der Waals surface area contributed by atoms with Crippen molar-refractivity contribution >= 4 is 16.9 Å². The van der Waals surface area contributed by atoms with Gasteiger partial charge >= 0.3 is 12.1 Å². The highest BCUT2D eigenvalue weighted by Crippen LogP contribution is 2.29. The molecule has 160 valence electrons. The molecule has 0 radical (unpaired) electrons. The summed E-state index contributed by atoms with van der Waals surface area (Å²) in [6, 6.07) is 12.4. The zero-order valence-electron chi connectivity index (χ0n) is 16.6. The second kappa shape index (κ2) is 8.25. The Morgan fingerprint density at radius 3 is 2.55 bits per heavy atom. The lowest BCUT2D eigenvalue weighted by Gasteiger charge is -2.06. The molecular weight excluding hydrogens is 409 g/mol. The molecule has 1 N–H and O–H groups in total. The van der Waals surface area contributed by atoms with Gasteiger partial charge < -0.3 is 9.72 Å². The molecule has 0 aliphatic heterocycles. The largest absolute Gasteiger partial charge is 0.461 e. The van der Waals surface area contributed by atoms with Crippen molar-refractivity contribution in [2.24, 2.45) is 0 Å². The smallest absolute Gasteiger partial charge is 0.416 e. The van der Waals surface area contributed by atoms with Gasteiger partial charge in [0.2, 0.25) is 0 Å². The molecule has 0 atom stereocenters. The SMILES string of the molecule is CCOC(=O)c1nn(-c2ccc(C(F)(F)F)cc2)nc1CCc1ccc2[nH]ccc2c1. The van der Waals surface area contributed by atoms with Gasteiger partial charge in [-0.1, -0.05) is 6.07 Å². The maximum atomic E-state index is 12.8. The number of esters is 1. The molecule has 4 rings (SSSR count). The van der Waals surface area contributed by atoms with E-state index in [1.807, 2.05) is 24.4 Å². The number of hydrogen-bond acceptors (Lipinski definition) is 4. The number of carbonyl (C=O) groups is 1. The van der Waals surface area contributed by atoms with Crippen molar-refractivity contribution in [3.05, 3.63) is 77.2 Å². The van der Waals surface area contributed by atoms with Crippen LogP contribution in [0.4, 0.5) is 13.2 Å². The Bertz CT molecular complexity index is 1210. The second-order valence-corrected chi connectivity index (χ2v) is 6.95. The van der Waals surface area contributed by atoms with Crippen LogP contribution in [-0.2, 0) is 23.8 Å². The molecule has 0 amide bonds. The highest BCUT2D eigenvalue weighted by Gasteiger charge is 2.30. The van der Waals surface area contributed by atoms with Crippen molar-refractivity contribution in [3.8, 4) is 5.69 Å². The number of H-pyrrole nitrogens is 1. The van der Waals surface area contributed by atoms with E-state index in [2.05, 4.69) is 21.2 Å². The minimum absolute atomic E-state index is 0.0597.